The molecule has 0 heterocycles. The van der Waals surface area contributed by atoms with Crippen molar-refractivity contribution in [3.8, 4) is 0 Å². The molecule has 5 heteroatoms. The van der Waals surface area contributed by atoms with Crippen molar-refractivity contribution in [3.63, 3.8) is 0 Å². The van der Waals surface area contributed by atoms with Gasteiger partial charge in [-0.3, -0.25) is 9.59 Å². The highest BCUT2D eigenvalue weighted by Gasteiger charge is 2.26. The monoisotopic (exact) mass is 364 g/mol. The van der Waals surface area contributed by atoms with E-state index in [1.54, 1.807) is 19.1 Å². The number of hydrogen-bond acceptors (Lipinski definition) is 3. The molecular formula is C19H18Cl2O3. The van der Waals surface area contributed by atoms with Crippen LogP contribution in [-0.2, 0) is 9.53 Å². The Kier molecular flexibility index (Phi) is 6.41. The summed E-state index contributed by atoms with van der Waals surface area (Å²) in [5.41, 5.74) is 2.21. The highest BCUT2D eigenvalue weighted by atomic mass is 35.5. The summed E-state index contributed by atoms with van der Waals surface area (Å²) in [5.74, 6) is -1.24. The number of rotatable bonds is 6. The normalized spacial score (nSPS) is 11.8. The van der Waals surface area contributed by atoms with Crippen molar-refractivity contribution in [3.05, 3.63) is 69.2 Å². The molecule has 0 aliphatic heterocycles. The number of carbonyl (C=O) groups is 2. The van der Waals surface area contributed by atoms with Crippen molar-refractivity contribution in [1.29, 1.82) is 0 Å². The molecule has 0 spiro atoms. The van der Waals surface area contributed by atoms with Gasteiger partial charge in [0.25, 0.3) is 0 Å². The highest BCUT2D eigenvalue weighted by molar-refractivity contribution is 6.42. The fraction of sp³-hybridized carbons (Fsp3) is 0.263. The number of Topliss-reactive ketones (excluding diaryl/α,β-unsaturated/α-hetero) is 1. The summed E-state index contributed by atoms with van der Waals surface area (Å²) in [5, 5.41) is 0.694. The summed E-state index contributed by atoms with van der Waals surface area (Å²) < 4.78 is 5.14. The fourth-order valence-electron chi connectivity index (χ4n) is 2.44. The molecule has 1 atom stereocenters. The third-order valence-electron chi connectivity index (χ3n) is 3.65. The van der Waals surface area contributed by atoms with E-state index in [4.69, 9.17) is 27.9 Å². The van der Waals surface area contributed by atoms with E-state index in [0.717, 1.165) is 11.1 Å². The molecule has 0 aliphatic rings. The van der Waals surface area contributed by atoms with E-state index in [1.807, 2.05) is 31.2 Å². The smallest absolute Gasteiger partial charge is 0.313 e. The predicted octanol–water partition coefficient (Wildman–Crippen LogP) is 5.22. The van der Waals surface area contributed by atoms with Crippen molar-refractivity contribution in [2.24, 2.45) is 0 Å². The maximum absolute atomic E-state index is 12.6. The summed E-state index contributed by atoms with van der Waals surface area (Å²) in [6.45, 7) is 3.95. The summed E-state index contributed by atoms with van der Waals surface area (Å²) in [6.07, 6.45) is 0.0141. The van der Waals surface area contributed by atoms with E-state index < -0.39 is 11.9 Å². The second kappa shape index (κ2) is 8.32. The second-order valence-electron chi connectivity index (χ2n) is 5.47. The molecule has 2 rings (SSSR count). The molecule has 0 saturated heterocycles. The molecular weight excluding hydrogens is 347 g/mol. The predicted molar refractivity (Wildman–Crippen MR) is 96.0 cm³/mol. The number of benzene rings is 2. The van der Waals surface area contributed by atoms with E-state index in [2.05, 4.69) is 0 Å². The molecule has 126 valence electrons. The van der Waals surface area contributed by atoms with Crippen LogP contribution in [-0.4, -0.2) is 18.4 Å². The molecule has 1 unspecified atom stereocenters. The van der Waals surface area contributed by atoms with Gasteiger partial charge in [-0.05, 0) is 37.6 Å². The van der Waals surface area contributed by atoms with Crippen LogP contribution in [0.3, 0.4) is 0 Å². The Morgan fingerprint density at radius 2 is 1.83 bits per heavy atom. The van der Waals surface area contributed by atoms with E-state index >= 15 is 0 Å². The number of hydrogen-bond donors (Lipinski definition) is 0. The van der Waals surface area contributed by atoms with Crippen LogP contribution in [0.15, 0.2) is 42.5 Å². The average molecular weight is 365 g/mol. The lowest BCUT2D eigenvalue weighted by Gasteiger charge is -2.16. The van der Waals surface area contributed by atoms with Gasteiger partial charge < -0.3 is 4.74 Å². The van der Waals surface area contributed by atoms with Gasteiger partial charge in [-0.25, -0.2) is 0 Å². The Hall–Kier alpha value is -1.84. The van der Waals surface area contributed by atoms with Crippen molar-refractivity contribution >= 4 is 35.0 Å². The lowest BCUT2D eigenvalue weighted by Crippen LogP contribution is -2.19. The van der Waals surface area contributed by atoms with E-state index in [9.17, 15) is 9.59 Å². The van der Waals surface area contributed by atoms with Crippen molar-refractivity contribution in [2.75, 3.05) is 6.61 Å². The second-order valence-corrected chi connectivity index (χ2v) is 6.29. The largest absolute Gasteiger partial charge is 0.466 e. The maximum atomic E-state index is 12.6. The standard InChI is InChI=1S/C19H18Cl2O3/c1-3-24-19(23)15(13-6-4-5-12(2)9-13)11-18(22)14-7-8-16(20)17(21)10-14/h4-10,15H,3,11H2,1-2H3. The lowest BCUT2D eigenvalue weighted by molar-refractivity contribution is -0.144. The SMILES string of the molecule is CCOC(=O)C(CC(=O)c1ccc(Cl)c(Cl)c1)c1cccc(C)c1. The van der Waals surface area contributed by atoms with Crippen LogP contribution < -0.4 is 0 Å². The van der Waals surface area contributed by atoms with Crippen LogP contribution in [0, 0.1) is 6.92 Å². The minimum atomic E-state index is -0.646. The van der Waals surface area contributed by atoms with Gasteiger partial charge in [0.05, 0.1) is 22.6 Å². The zero-order valence-corrected chi connectivity index (χ0v) is 15.0. The van der Waals surface area contributed by atoms with Gasteiger partial charge in [-0.15, -0.1) is 0 Å². The summed E-state index contributed by atoms with van der Waals surface area (Å²) in [4.78, 5) is 24.9. The van der Waals surface area contributed by atoms with E-state index in [1.165, 1.54) is 6.07 Å². The summed E-state index contributed by atoms with van der Waals surface area (Å²) in [6, 6.07) is 12.2. The van der Waals surface area contributed by atoms with Crippen molar-refractivity contribution in [2.45, 2.75) is 26.2 Å². The van der Waals surface area contributed by atoms with Crippen LogP contribution in [0.1, 0.15) is 40.7 Å². The van der Waals surface area contributed by atoms with Crippen LogP contribution >= 0.6 is 23.2 Å². The van der Waals surface area contributed by atoms with Gasteiger partial charge >= 0.3 is 5.97 Å². The van der Waals surface area contributed by atoms with Crippen LogP contribution in [0.5, 0.6) is 0 Å². The lowest BCUT2D eigenvalue weighted by atomic mass is 9.91. The Morgan fingerprint density at radius 3 is 2.46 bits per heavy atom. The molecule has 0 amide bonds. The molecule has 2 aromatic rings. The number of ketones is 1. The number of esters is 1. The Balaban J connectivity index is 2.29. The molecule has 0 saturated carbocycles. The van der Waals surface area contributed by atoms with Gasteiger partial charge in [-0.1, -0.05) is 53.0 Å². The zero-order valence-electron chi connectivity index (χ0n) is 13.5. The quantitative estimate of drug-likeness (QED) is 0.521. The van der Waals surface area contributed by atoms with E-state index in [0.29, 0.717) is 15.6 Å². The third kappa shape index (κ3) is 4.59. The van der Waals surface area contributed by atoms with Crippen LogP contribution in [0.25, 0.3) is 0 Å². The van der Waals surface area contributed by atoms with Gasteiger partial charge in [0.1, 0.15) is 0 Å². The topological polar surface area (TPSA) is 43.4 Å². The van der Waals surface area contributed by atoms with Gasteiger partial charge in [0, 0.05) is 12.0 Å². The minimum absolute atomic E-state index is 0.0141. The van der Waals surface area contributed by atoms with Crippen LogP contribution in [0.4, 0.5) is 0 Å². The minimum Gasteiger partial charge on any atom is -0.466 e. The molecule has 3 nitrogen and oxygen atoms in total. The van der Waals surface area contributed by atoms with E-state index in [-0.39, 0.29) is 18.8 Å². The molecule has 24 heavy (non-hydrogen) atoms. The third-order valence-corrected chi connectivity index (χ3v) is 4.39. The summed E-state index contributed by atoms with van der Waals surface area (Å²) >= 11 is 11.8. The Morgan fingerprint density at radius 1 is 1.08 bits per heavy atom. The first kappa shape index (κ1) is 18.5. The van der Waals surface area contributed by atoms with Crippen molar-refractivity contribution in [1.82, 2.24) is 0 Å². The molecule has 0 N–H and O–H groups in total. The number of ether oxygens (including phenoxy) is 1. The molecule has 0 fully saturated rings. The number of carbonyl (C=O) groups excluding carboxylic acids is 2. The summed E-state index contributed by atoms with van der Waals surface area (Å²) in [7, 11) is 0. The number of aryl methyl sites for hydroxylation is 1. The van der Waals surface area contributed by atoms with Gasteiger partial charge in [0.15, 0.2) is 5.78 Å². The Bertz CT molecular complexity index is 756. The fourth-order valence-corrected chi connectivity index (χ4v) is 2.74. The first-order valence-corrected chi connectivity index (χ1v) is 8.39. The van der Waals surface area contributed by atoms with Crippen LogP contribution in [0.2, 0.25) is 10.0 Å². The first-order valence-electron chi connectivity index (χ1n) is 7.63. The first-order chi connectivity index (χ1) is 11.4. The van der Waals surface area contributed by atoms with Gasteiger partial charge in [0.2, 0.25) is 0 Å². The highest BCUT2D eigenvalue weighted by Crippen LogP contribution is 2.27. The molecule has 0 bridgehead atoms. The molecule has 2 aromatic carbocycles. The number of halogens is 2. The molecule has 0 aromatic heterocycles. The molecule has 0 radical (unpaired) electrons. The Labute approximate surface area is 151 Å². The maximum Gasteiger partial charge on any atom is 0.313 e. The average Bonchev–Trinajstić information content (AvgIpc) is 2.55. The zero-order chi connectivity index (χ0) is 17.7. The van der Waals surface area contributed by atoms with Gasteiger partial charge in [-0.2, -0.15) is 0 Å². The van der Waals surface area contributed by atoms with Crippen molar-refractivity contribution < 1.29 is 14.3 Å². The molecule has 0 aliphatic carbocycles.